The first-order chi connectivity index (χ1) is 16.8. The molecule has 4 saturated carbocycles. The summed E-state index contributed by atoms with van der Waals surface area (Å²) in [5.41, 5.74) is 6.74. The Morgan fingerprint density at radius 3 is 2.34 bits per heavy atom. The summed E-state index contributed by atoms with van der Waals surface area (Å²) < 4.78 is 7.08. The molecule has 0 aromatic carbocycles. The third-order valence-corrected chi connectivity index (χ3v) is 13.2. The normalized spacial score (nSPS) is 50.9. The van der Waals surface area contributed by atoms with Crippen molar-refractivity contribution in [3.05, 3.63) is 0 Å². The van der Waals surface area contributed by atoms with E-state index in [1.165, 1.54) is 70.6 Å². The van der Waals surface area contributed by atoms with Crippen molar-refractivity contribution < 1.29 is 4.74 Å². The van der Waals surface area contributed by atoms with Crippen molar-refractivity contribution in [2.45, 2.75) is 123 Å². The molecule has 6 aliphatic rings. The maximum atomic E-state index is 7.08. The number of nitrogens with two attached hydrogens (primary N) is 1. The van der Waals surface area contributed by atoms with Crippen LogP contribution in [0, 0.1) is 52.3 Å². The van der Waals surface area contributed by atoms with Gasteiger partial charge in [0.05, 0.1) is 6.10 Å². The van der Waals surface area contributed by atoms with Gasteiger partial charge in [-0.2, -0.15) is 0 Å². The summed E-state index contributed by atoms with van der Waals surface area (Å²) >= 11 is 0. The largest absolute Gasteiger partial charge is 0.357 e. The number of piperidine rings is 1. The van der Waals surface area contributed by atoms with Crippen molar-refractivity contribution in [3.63, 3.8) is 0 Å². The molecule has 0 bridgehead atoms. The minimum absolute atomic E-state index is 0. The Hall–Kier alpha value is 0.710. The van der Waals surface area contributed by atoms with Crippen molar-refractivity contribution in [2.75, 3.05) is 19.6 Å². The summed E-state index contributed by atoms with van der Waals surface area (Å²) in [7, 11) is 0. The van der Waals surface area contributed by atoms with E-state index in [1.54, 1.807) is 0 Å². The van der Waals surface area contributed by atoms with Crippen LogP contribution in [-0.4, -0.2) is 37.5 Å². The number of unbranched alkanes of at least 4 members (excludes halogenated alkanes) is 1. The quantitative estimate of drug-likeness (QED) is 0.301. The third kappa shape index (κ3) is 5.22. The number of ether oxygens (including phenoxy) is 1. The Bertz CT molecular complexity index is 779. The molecule has 4 aliphatic carbocycles. The average Bonchev–Trinajstić information content (AvgIpc) is 3.29. The highest BCUT2D eigenvalue weighted by Crippen LogP contribution is 2.71. The van der Waals surface area contributed by atoms with Crippen molar-refractivity contribution in [1.29, 1.82) is 0 Å². The molecule has 2 saturated heterocycles. The molecule has 2 heterocycles. The fourth-order valence-electron chi connectivity index (χ4n) is 11.2. The van der Waals surface area contributed by atoms with Crippen LogP contribution in [0.3, 0.4) is 0 Å². The molecule has 0 radical (unpaired) electrons. The van der Waals surface area contributed by atoms with E-state index in [-0.39, 0.29) is 42.9 Å². The molecule has 1 unspecified atom stereocenters. The van der Waals surface area contributed by atoms with Crippen LogP contribution in [0.5, 0.6) is 0 Å². The second kappa shape index (κ2) is 12.5. The van der Waals surface area contributed by atoms with Crippen LogP contribution in [0.25, 0.3) is 0 Å². The summed E-state index contributed by atoms with van der Waals surface area (Å²) in [6.45, 7) is 13.5. The van der Waals surface area contributed by atoms with Crippen LogP contribution in [0.4, 0.5) is 0 Å². The second-order valence-corrected chi connectivity index (χ2v) is 14.7. The van der Waals surface area contributed by atoms with E-state index in [0.717, 1.165) is 67.6 Å². The van der Waals surface area contributed by atoms with E-state index in [0.29, 0.717) is 22.9 Å². The van der Waals surface area contributed by atoms with Crippen LogP contribution in [-0.2, 0) is 4.74 Å². The molecular weight excluding hydrogens is 537 g/mol. The molecule has 6 rings (SSSR count). The zero-order chi connectivity index (χ0) is 24.4. The highest BCUT2D eigenvalue weighted by atomic mass is 35.5. The molecule has 0 aromatic rings. The van der Waals surface area contributed by atoms with Crippen molar-refractivity contribution >= 4 is 37.2 Å². The van der Waals surface area contributed by atoms with Crippen LogP contribution in [0.2, 0.25) is 0 Å². The van der Waals surface area contributed by atoms with Gasteiger partial charge in [0, 0.05) is 18.5 Å². The molecule has 2 aliphatic heterocycles. The molecule has 1 spiro atoms. The first-order valence-corrected chi connectivity index (χ1v) is 15.7. The van der Waals surface area contributed by atoms with Crippen LogP contribution in [0.1, 0.15) is 105 Å². The summed E-state index contributed by atoms with van der Waals surface area (Å²) in [5, 5.41) is 7.83. The van der Waals surface area contributed by atoms with E-state index in [2.05, 4.69) is 38.3 Å². The molecule has 224 valence electrons. The van der Waals surface area contributed by atoms with Crippen molar-refractivity contribution in [1.82, 2.24) is 10.6 Å². The SMILES string of the molecule is C[C@H]1CC[C@]2(NC1)O[C@H]1C[C@H]3[C@@H]4CC[C@H]5CC(NCCCCN)CC[C@]5(C)[C@H]4CC[C@]3(C)[C@H]1[C@@H]2C.Cl.Cl.Cl. The molecule has 6 fully saturated rings. The zero-order valence-electron chi connectivity index (χ0n) is 24.5. The van der Waals surface area contributed by atoms with Gasteiger partial charge in [0.15, 0.2) is 0 Å². The van der Waals surface area contributed by atoms with E-state index >= 15 is 0 Å². The molecule has 0 aromatic heterocycles. The maximum Gasteiger partial charge on any atom is 0.122 e. The lowest BCUT2D eigenvalue weighted by Gasteiger charge is -2.61. The minimum Gasteiger partial charge on any atom is -0.357 e. The van der Waals surface area contributed by atoms with E-state index in [4.69, 9.17) is 10.5 Å². The number of hydrogen-bond acceptors (Lipinski definition) is 4. The molecule has 12 atom stereocenters. The first kappa shape index (κ1) is 33.2. The van der Waals surface area contributed by atoms with Gasteiger partial charge in [-0.05, 0) is 136 Å². The molecule has 0 amide bonds. The smallest absolute Gasteiger partial charge is 0.122 e. The number of fused-ring (bicyclic) bond motifs is 7. The Kier molecular flexibility index (Phi) is 10.9. The number of rotatable bonds is 5. The van der Waals surface area contributed by atoms with Gasteiger partial charge in [-0.1, -0.05) is 27.7 Å². The Balaban J connectivity index is 0.00000133. The Labute approximate surface area is 252 Å². The zero-order valence-corrected chi connectivity index (χ0v) is 27.0. The molecule has 4 nitrogen and oxygen atoms in total. The second-order valence-electron chi connectivity index (χ2n) is 14.7. The van der Waals surface area contributed by atoms with Crippen LogP contribution >= 0.6 is 37.2 Å². The lowest BCUT2D eigenvalue weighted by atomic mass is 9.44. The van der Waals surface area contributed by atoms with Crippen molar-refractivity contribution in [2.24, 2.45) is 58.0 Å². The number of hydrogen-bond donors (Lipinski definition) is 3. The fraction of sp³-hybridized carbons (Fsp3) is 1.00. The lowest BCUT2D eigenvalue weighted by molar-refractivity contribution is -0.134. The lowest BCUT2D eigenvalue weighted by Crippen LogP contribution is -2.58. The highest BCUT2D eigenvalue weighted by molar-refractivity contribution is 5.86. The van der Waals surface area contributed by atoms with Gasteiger partial charge < -0.3 is 15.8 Å². The Morgan fingerprint density at radius 1 is 0.868 bits per heavy atom. The van der Waals surface area contributed by atoms with Gasteiger partial charge in [-0.15, -0.1) is 37.2 Å². The van der Waals surface area contributed by atoms with E-state index in [9.17, 15) is 0 Å². The van der Waals surface area contributed by atoms with Crippen LogP contribution < -0.4 is 16.4 Å². The molecule has 4 N–H and O–H groups in total. The predicted octanol–water partition coefficient (Wildman–Crippen LogP) is 6.97. The molecular formula is C31H58Cl3N3O. The molecule has 7 heteroatoms. The van der Waals surface area contributed by atoms with Crippen molar-refractivity contribution in [3.8, 4) is 0 Å². The van der Waals surface area contributed by atoms with Crippen LogP contribution in [0.15, 0.2) is 0 Å². The summed E-state index contributed by atoms with van der Waals surface area (Å²) in [6, 6.07) is 0.748. The summed E-state index contributed by atoms with van der Waals surface area (Å²) in [5.74, 6) is 5.93. The van der Waals surface area contributed by atoms with Gasteiger partial charge in [-0.25, -0.2) is 0 Å². The number of nitrogens with one attached hydrogen (secondary N) is 2. The Morgan fingerprint density at radius 2 is 1.63 bits per heavy atom. The number of halogens is 3. The standard InChI is InChI=1S/C31H55N3O.3ClH/c1-20-9-14-31(34-19-20)21(2)28-27(35-31)18-26-24-8-7-22-17-23(33-16-6-5-15-32)10-12-29(22,3)25(24)11-13-30(26,28)4;;;/h20-28,33-34H,5-19,32H2,1-4H3;3*1H/t20-,21-,22-,23?,24+,25-,26-,27-,28-,29-,30-,31-;;;/m0.../s1. The minimum atomic E-state index is -0.0220. The monoisotopic (exact) mass is 593 g/mol. The fourth-order valence-corrected chi connectivity index (χ4v) is 11.2. The highest BCUT2D eigenvalue weighted by Gasteiger charge is 2.68. The first-order valence-electron chi connectivity index (χ1n) is 15.7. The van der Waals surface area contributed by atoms with E-state index < -0.39 is 0 Å². The van der Waals surface area contributed by atoms with Gasteiger partial charge >= 0.3 is 0 Å². The van der Waals surface area contributed by atoms with E-state index in [1.807, 2.05) is 0 Å². The van der Waals surface area contributed by atoms with Gasteiger partial charge in [0.2, 0.25) is 0 Å². The summed E-state index contributed by atoms with van der Waals surface area (Å²) in [6.07, 6.45) is 16.9. The molecule has 38 heavy (non-hydrogen) atoms. The third-order valence-electron chi connectivity index (χ3n) is 13.2. The van der Waals surface area contributed by atoms with Gasteiger partial charge in [0.25, 0.3) is 0 Å². The topological polar surface area (TPSA) is 59.3 Å². The average molecular weight is 595 g/mol. The van der Waals surface area contributed by atoms with Gasteiger partial charge in [-0.3, -0.25) is 5.32 Å². The summed E-state index contributed by atoms with van der Waals surface area (Å²) in [4.78, 5) is 0. The predicted molar refractivity (Wildman–Crippen MR) is 166 cm³/mol. The maximum absolute atomic E-state index is 7.08. The van der Waals surface area contributed by atoms with Gasteiger partial charge in [0.1, 0.15) is 5.72 Å².